The van der Waals surface area contributed by atoms with Crippen LogP contribution < -0.4 is 20.7 Å². The number of amides is 2. The van der Waals surface area contributed by atoms with Crippen LogP contribution in [0.4, 0.5) is 5.69 Å². The summed E-state index contributed by atoms with van der Waals surface area (Å²) in [6.45, 7) is 2.28. The van der Waals surface area contributed by atoms with E-state index in [-0.39, 0.29) is 30.4 Å². The van der Waals surface area contributed by atoms with Gasteiger partial charge in [-0.1, -0.05) is 24.3 Å². The van der Waals surface area contributed by atoms with Crippen molar-refractivity contribution < 1.29 is 19.6 Å². The van der Waals surface area contributed by atoms with Gasteiger partial charge in [-0.2, -0.15) is 0 Å². The number of carbonyl (C=O) groups excluding carboxylic acids is 2. The molecule has 0 heterocycles. The van der Waals surface area contributed by atoms with Crippen LogP contribution in [0.15, 0.2) is 48.5 Å². The van der Waals surface area contributed by atoms with Crippen LogP contribution in [0.3, 0.4) is 0 Å². The van der Waals surface area contributed by atoms with Gasteiger partial charge in [0.1, 0.15) is 11.8 Å². The molecule has 0 radical (unpaired) electrons. The Morgan fingerprint density at radius 1 is 1.15 bits per heavy atom. The summed E-state index contributed by atoms with van der Waals surface area (Å²) in [5.41, 5.74) is 2.08. The minimum Gasteiger partial charge on any atom is -0.496 e. The SMILES string of the molecule is COc1ccccc1[C@H](C)[NH2+]CC(=O)Nc1ccccc1C(=O)NC1CC1. The molecular formula is C21H26N3O3+. The molecule has 1 aliphatic carbocycles. The van der Waals surface area contributed by atoms with Crippen molar-refractivity contribution in [3.8, 4) is 5.75 Å². The summed E-state index contributed by atoms with van der Waals surface area (Å²) in [5, 5.41) is 7.76. The number of nitrogens with two attached hydrogens (primary N) is 1. The minimum absolute atomic E-state index is 0.0697. The number of methoxy groups -OCH3 is 1. The lowest BCUT2D eigenvalue weighted by Gasteiger charge is -2.15. The smallest absolute Gasteiger partial charge is 0.279 e. The van der Waals surface area contributed by atoms with E-state index in [1.807, 2.05) is 42.6 Å². The van der Waals surface area contributed by atoms with E-state index in [1.165, 1.54) is 0 Å². The van der Waals surface area contributed by atoms with Crippen LogP contribution in [0.1, 0.15) is 41.7 Å². The van der Waals surface area contributed by atoms with Crippen LogP contribution in [0.5, 0.6) is 5.75 Å². The Kier molecular flexibility index (Phi) is 6.08. The molecule has 0 saturated heterocycles. The molecule has 1 atom stereocenters. The summed E-state index contributed by atoms with van der Waals surface area (Å²) in [7, 11) is 1.64. The molecule has 1 saturated carbocycles. The third-order valence-electron chi connectivity index (χ3n) is 4.64. The van der Waals surface area contributed by atoms with Crippen LogP contribution in [0, 0.1) is 0 Å². The lowest BCUT2D eigenvalue weighted by Crippen LogP contribution is -2.86. The van der Waals surface area contributed by atoms with Gasteiger partial charge in [-0.05, 0) is 44.0 Å². The molecule has 2 aromatic rings. The van der Waals surface area contributed by atoms with Crippen LogP contribution >= 0.6 is 0 Å². The highest BCUT2D eigenvalue weighted by Gasteiger charge is 2.25. The van der Waals surface area contributed by atoms with Crippen molar-refractivity contribution in [3.63, 3.8) is 0 Å². The van der Waals surface area contributed by atoms with Crippen LogP contribution in [-0.2, 0) is 4.79 Å². The highest BCUT2D eigenvalue weighted by molar-refractivity contribution is 6.04. The van der Waals surface area contributed by atoms with Crippen LogP contribution in [-0.4, -0.2) is 31.5 Å². The van der Waals surface area contributed by atoms with E-state index < -0.39 is 0 Å². The molecule has 0 spiro atoms. The molecule has 6 heteroatoms. The first-order valence-corrected chi connectivity index (χ1v) is 9.24. The molecule has 27 heavy (non-hydrogen) atoms. The van der Waals surface area contributed by atoms with Gasteiger partial charge in [0.2, 0.25) is 0 Å². The number of carbonyl (C=O) groups is 2. The predicted molar refractivity (Wildman–Crippen MR) is 104 cm³/mol. The maximum absolute atomic E-state index is 12.4. The fourth-order valence-electron chi connectivity index (χ4n) is 2.94. The van der Waals surface area contributed by atoms with Gasteiger partial charge in [-0.25, -0.2) is 0 Å². The molecule has 2 aromatic carbocycles. The molecule has 6 nitrogen and oxygen atoms in total. The van der Waals surface area contributed by atoms with Crippen LogP contribution in [0.2, 0.25) is 0 Å². The Morgan fingerprint density at radius 2 is 1.85 bits per heavy atom. The molecule has 0 aliphatic heterocycles. The predicted octanol–water partition coefficient (Wildman–Crippen LogP) is 1.85. The summed E-state index contributed by atoms with van der Waals surface area (Å²) in [6, 6.07) is 15.2. The average Bonchev–Trinajstić information content (AvgIpc) is 3.50. The maximum atomic E-state index is 12.4. The first kappa shape index (κ1) is 18.9. The summed E-state index contributed by atoms with van der Waals surface area (Å²) in [4.78, 5) is 24.7. The van der Waals surface area contributed by atoms with Gasteiger partial charge in [0.15, 0.2) is 6.54 Å². The Bertz CT molecular complexity index is 818. The molecule has 0 unspecified atom stereocenters. The molecule has 0 bridgehead atoms. The minimum atomic E-state index is -0.150. The first-order valence-electron chi connectivity index (χ1n) is 9.24. The van der Waals surface area contributed by atoms with Gasteiger partial charge in [-0.15, -0.1) is 0 Å². The molecule has 4 N–H and O–H groups in total. The molecule has 3 rings (SSSR count). The van der Waals surface area contributed by atoms with Gasteiger partial charge in [0.05, 0.1) is 23.9 Å². The molecule has 1 fully saturated rings. The summed E-state index contributed by atoms with van der Waals surface area (Å²) in [5.74, 6) is 0.520. The number of anilines is 1. The number of rotatable bonds is 8. The quantitative estimate of drug-likeness (QED) is 0.665. The summed E-state index contributed by atoms with van der Waals surface area (Å²) < 4.78 is 5.38. The first-order chi connectivity index (χ1) is 13.1. The second-order valence-electron chi connectivity index (χ2n) is 6.81. The zero-order valence-corrected chi connectivity index (χ0v) is 15.7. The Hall–Kier alpha value is -2.86. The third kappa shape index (κ3) is 5.08. The van der Waals surface area contributed by atoms with Crippen molar-refractivity contribution in [1.82, 2.24) is 5.32 Å². The van der Waals surface area contributed by atoms with E-state index in [1.54, 1.807) is 25.3 Å². The second-order valence-corrected chi connectivity index (χ2v) is 6.81. The van der Waals surface area contributed by atoms with Crippen molar-refractivity contribution in [2.75, 3.05) is 19.0 Å². The number of hydrogen-bond donors (Lipinski definition) is 3. The van der Waals surface area contributed by atoms with Gasteiger partial charge >= 0.3 is 0 Å². The van der Waals surface area contributed by atoms with E-state index in [0.717, 1.165) is 24.2 Å². The normalized spacial score (nSPS) is 14.3. The highest BCUT2D eigenvalue weighted by Crippen LogP contribution is 2.22. The number of ether oxygens (including phenoxy) is 1. The zero-order chi connectivity index (χ0) is 19.2. The zero-order valence-electron chi connectivity index (χ0n) is 15.7. The van der Waals surface area contributed by atoms with E-state index in [0.29, 0.717) is 11.3 Å². The Balaban J connectivity index is 1.58. The molecule has 142 valence electrons. The lowest BCUT2D eigenvalue weighted by atomic mass is 10.1. The standard InChI is InChI=1S/C21H25N3O3/c1-14(16-7-4-6-10-19(16)27-2)22-13-20(25)24-18-9-5-3-8-17(18)21(26)23-15-11-12-15/h3-10,14-15,22H,11-13H2,1-2H3,(H,23,26)(H,24,25)/p+1/t14-/m0/s1. The number of benzene rings is 2. The Morgan fingerprint density at radius 3 is 2.59 bits per heavy atom. The van der Waals surface area contributed by atoms with E-state index in [2.05, 4.69) is 10.6 Å². The van der Waals surface area contributed by atoms with Gasteiger partial charge in [0, 0.05) is 6.04 Å². The van der Waals surface area contributed by atoms with Crippen molar-refractivity contribution in [1.29, 1.82) is 0 Å². The molecule has 1 aliphatic rings. The maximum Gasteiger partial charge on any atom is 0.279 e. The van der Waals surface area contributed by atoms with Crippen molar-refractivity contribution in [2.24, 2.45) is 0 Å². The van der Waals surface area contributed by atoms with Crippen molar-refractivity contribution in [3.05, 3.63) is 59.7 Å². The largest absolute Gasteiger partial charge is 0.496 e. The van der Waals surface area contributed by atoms with Crippen LogP contribution in [0.25, 0.3) is 0 Å². The summed E-state index contributed by atoms with van der Waals surface area (Å²) in [6.07, 6.45) is 2.05. The average molecular weight is 368 g/mol. The number of quaternary nitrogens is 1. The topological polar surface area (TPSA) is 84.0 Å². The van der Waals surface area contributed by atoms with Crippen molar-refractivity contribution in [2.45, 2.75) is 31.8 Å². The number of para-hydroxylation sites is 2. The molecule has 2 amide bonds. The second kappa shape index (κ2) is 8.68. The van der Waals surface area contributed by atoms with E-state index in [9.17, 15) is 9.59 Å². The third-order valence-corrected chi connectivity index (χ3v) is 4.64. The molecule has 0 aromatic heterocycles. The van der Waals surface area contributed by atoms with Gasteiger partial charge < -0.3 is 20.7 Å². The van der Waals surface area contributed by atoms with Gasteiger partial charge in [-0.3, -0.25) is 9.59 Å². The van der Waals surface area contributed by atoms with Crippen molar-refractivity contribution >= 4 is 17.5 Å². The number of nitrogens with one attached hydrogen (secondary N) is 2. The Labute approximate surface area is 159 Å². The highest BCUT2D eigenvalue weighted by atomic mass is 16.5. The summed E-state index contributed by atoms with van der Waals surface area (Å²) >= 11 is 0. The van der Waals surface area contributed by atoms with Gasteiger partial charge in [0.25, 0.3) is 11.8 Å². The fraction of sp³-hybridized carbons (Fsp3) is 0.333. The monoisotopic (exact) mass is 368 g/mol. The number of hydrogen-bond acceptors (Lipinski definition) is 3. The van der Waals surface area contributed by atoms with E-state index >= 15 is 0 Å². The molecular weight excluding hydrogens is 342 g/mol. The lowest BCUT2D eigenvalue weighted by molar-refractivity contribution is -0.682. The van der Waals surface area contributed by atoms with E-state index in [4.69, 9.17) is 4.74 Å². The fourth-order valence-corrected chi connectivity index (χ4v) is 2.94.